The molecule has 5 nitrogen and oxygen atoms in total. The molecule has 1 aliphatic carbocycles. The Morgan fingerprint density at radius 2 is 2.10 bits per heavy atom. The van der Waals surface area contributed by atoms with E-state index in [1.165, 1.54) is 44.6 Å². The average molecular weight is 310 g/mol. The van der Waals surface area contributed by atoms with E-state index in [-0.39, 0.29) is 11.5 Å². The molecule has 2 rings (SSSR count). The first-order valence-electron chi connectivity index (χ1n) is 7.19. The van der Waals surface area contributed by atoms with Gasteiger partial charge in [0.05, 0.1) is 17.7 Å². The first kappa shape index (κ1) is 15.8. The van der Waals surface area contributed by atoms with Crippen molar-refractivity contribution in [2.75, 3.05) is 24.7 Å². The van der Waals surface area contributed by atoms with Crippen LogP contribution in [0.2, 0.25) is 0 Å². The van der Waals surface area contributed by atoms with Gasteiger partial charge in [0.25, 0.3) is 0 Å². The number of carbonyl (C=O) groups is 2. The van der Waals surface area contributed by atoms with Crippen LogP contribution in [-0.2, 0) is 4.74 Å². The lowest BCUT2D eigenvalue weighted by molar-refractivity contribution is 0.0603. The average Bonchev–Trinajstić information content (AvgIpc) is 2.74. The highest BCUT2D eigenvalue weighted by Gasteiger charge is 2.35. The van der Waals surface area contributed by atoms with Gasteiger partial charge in [-0.25, -0.2) is 4.79 Å². The lowest BCUT2D eigenvalue weighted by Gasteiger charge is -2.41. The van der Waals surface area contributed by atoms with Crippen LogP contribution in [0.4, 0.5) is 10.7 Å². The van der Waals surface area contributed by atoms with E-state index in [0.717, 1.165) is 13.0 Å². The van der Waals surface area contributed by atoms with Gasteiger partial charge >= 0.3 is 5.97 Å². The van der Waals surface area contributed by atoms with Crippen LogP contribution in [0.1, 0.15) is 59.6 Å². The molecule has 116 valence electrons. The normalized spacial score (nSPS) is 16.1. The number of nitrogens with one attached hydrogen (secondary N) is 1. The van der Waals surface area contributed by atoms with E-state index in [2.05, 4.69) is 12.2 Å². The lowest BCUT2D eigenvalue weighted by atomic mass is 9.67. The van der Waals surface area contributed by atoms with Crippen molar-refractivity contribution in [2.45, 2.75) is 39.5 Å². The van der Waals surface area contributed by atoms with E-state index in [1.807, 2.05) is 0 Å². The third kappa shape index (κ3) is 2.90. The standard InChI is InChI=1S/C15H22N2O3S/c1-4-15(6-5-7-15)8-17-13-10(14(19)20-3)11(16)12(21-13)9(2)18/h17H,4-8,16H2,1-3H3. The van der Waals surface area contributed by atoms with Crippen molar-refractivity contribution in [3.05, 3.63) is 10.4 Å². The third-order valence-corrected chi connectivity index (χ3v) is 5.71. The predicted molar refractivity (Wildman–Crippen MR) is 85.1 cm³/mol. The van der Waals surface area contributed by atoms with Gasteiger partial charge in [0.1, 0.15) is 10.6 Å². The highest BCUT2D eigenvalue weighted by atomic mass is 32.1. The molecule has 1 aromatic rings. The van der Waals surface area contributed by atoms with Crippen LogP contribution in [0.15, 0.2) is 0 Å². The molecule has 0 unspecified atom stereocenters. The number of nitrogens with two attached hydrogens (primary N) is 1. The number of anilines is 2. The minimum absolute atomic E-state index is 0.135. The smallest absolute Gasteiger partial charge is 0.343 e. The van der Waals surface area contributed by atoms with Crippen molar-refractivity contribution in [3.63, 3.8) is 0 Å². The van der Waals surface area contributed by atoms with E-state index in [9.17, 15) is 9.59 Å². The summed E-state index contributed by atoms with van der Waals surface area (Å²) in [5.74, 6) is -0.637. The molecule has 1 heterocycles. The van der Waals surface area contributed by atoms with E-state index in [0.29, 0.717) is 20.9 Å². The largest absolute Gasteiger partial charge is 0.465 e. The number of Topliss-reactive ketones (excluding diaryl/α,β-unsaturated/α-hetero) is 1. The molecule has 0 amide bonds. The maximum absolute atomic E-state index is 11.9. The third-order valence-electron chi connectivity index (χ3n) is 4.44. The van der Waals surface area contributed by atoms with Gasteiger partial charge in [-0.3, -0.25) is 4.79 Å². The van der Waals surface area contributed by atoms with E-state index < -0.39 is 5.97 Å². The predicted octanol–water partition coefficient (Wildman–Crippen LogP) is 3.31. The molecule has 1 saturated carbocycles. The summed E-state index contributed by atoms with van der Waals surface area (Å²) in [6.45, 7) is 4.43. The van der Waals surface area contributed by atoms with Crippen LogP contribution in [0.3, 0.4) is 0 Å². The Kier molecular flexibility index (Phi) is 4.56. The first-order valence-corrected chi connectivity index (χ1v) is 8.01. The zero-order valence-electron chi connectivity index (χ0n) is 12.7. The molecular formula is C15H22N2O3S. The van der Waals surface area contributed by atoms with Gasteiger partial charge in [0, 0.05) is 13.5 Å². The van der Waals surface area contributed by atoms with Crippen LogP contribution in [0.25, 0.3) is 0 Å². The van der Waals surface area contributed by atoms with Crippen LogP contribution < -0.4 is 11.1 Å². The minimum Gasteiger partial charge on any atom is -0.465 e. The Balaban J connectivity index is 2.27. The Hall–Kier alpha value is -1.56. The van der Waals surface area contributed by atoms with E-state index in [4.69, 9.17) is 10.5 Å². The number of hydrogen-bond donors (Lipinski definition) is 2. The molecule has 1 fully saturated rings. The quantitative estimate of drug-likeness (QED) is 0.622. The van der Waals surface area contributed by atoms with Crippen molar-refractivity contribution in [3.8, 4) is 0 Å². The van der Waals surface area contributed by atoms with E-state index in [1.54, 1.807) is 0 Å². The molecule has 0 saturated heterocycles. The first-order chi connectivity index (χ1) is 9.94. The fourth-order valence-corrected chi connectivity index (χ4v) is 3.73. The van der Waals surface area contributed by atoms with Crippen molar-refractivity contribution < 1.29 is 14.3 Å². The van der Waals surface area contributed by atoms with Gasteiger partial charge in [-0.15, -0.1) is 11.3 Å². The summed E-state index contributed by atoms with van der Waals surface area (Å²) in [6, 6.07) is 0. The van der Waals surface area contributed by atoms with Crippen LogP contribution in [-0.4, -0.2) is 25.4 Å². The maximum Gasteiger partial charge on any atom is 0.343 e. The highest BCUT2D eigenvalue weighted by molar-refractivity contribution is 7.19. The Morgan fingerprint density at radius 3 is 2.52 bits per heavy atom. The van der Waals surface area contributed by atoms with Crippen LogP contribution in [0.5, 0.6) is 0 Å². The number of thiophene rings is 1. The molecule has 0 atom stereocenters. The fourth-order valence-electron chi connectivity index (χ4n) is 2.73. The van der Waals surface area contributed by atoms with Crippen molar-refractivity contribution >= 4 is 33.8 Å². The number of carbonyl (C=O) groups excluding carboxylic acids is 2. The molecule has 0 aromatic carbocycles. The Bertz CT molecular complexity index is 556. The summed E-state index contributed by atoms with van der Waals surface area (Å²) in [7, 11) is 1.32. The van der Waals surface area contributed by atoms with Crippen molar-refractivity contribution in [2.24, 2.45) is 5.41 Å². The van der Waals surface area contributed by atoms with Crippen LogP contribution in [0, 0.1) is 5.41 Å². The number of nitrogen functional groups attached to an aromatic ring is 1. The summed E-state index contributed by atoms with van der Waals surface area (Å²) in [4.78, 5) is 24.0. The molecule has 1 aromatic heterocycles. The molecule has 0 aliphatic heterocycles. The second kappa shape index (κ2) is 6.05. The van der Waals surface area contributed by atoms with Crippen LogP contribution >= 0.6 is 11.3 Å². The molecule has 0 radical (unpaired) electrons. The monoisotopic (exact) mass is 310 g/mol. The summed E-state index contributed by atoms with van der Waals surface area (Å²) >= 11 is 1.24. The summed E-state index contributed by atoms with van der Waals surface area (Å²) in [6.07, 6.45) is 4.76. The van der Waals surface area contributed by atoms with Gasteiger partial charge in [0.2, 0.25) is 0 Å². The number of hydrogen-bond acceptors (Lipinski definition) is 6. The molecular weight excluding hydrogens is 288 g/mol. The Labute approximate surface area is 128 Å². The molecule has 0 spiro atoms. The summed E-state index contributed by atoms with van der Waals surface area (Å²) < 4.78 is 4.79. The second-order valence-corrected chi connectivity index (χ2v) is 6.68. The van der Waals surface area contributed by atoms with Gasteiger partial charge in [-0.05, 0) is 24.7 Å². The molecule has 21 heavy (non-hydrogen) atoms. The zero-order chi connectivity index (χ0) is 15.6. The fraction of sp³-hybridized carbons (Fsp3) is 0.600. The minimum atomic E-state index is -0.502. The molecule has 6 heteroatoms. The lowest BCUT2D eigenvalue weighted by Crippen LogP contribution is -2.35. The maximum atomic E-state index is 11.9. The molecule has 3 N–H and O–H groups in total. The number of ketones is 1. The van der Waals surface area contributed by atoms with Gasteiger partial charge in [-0.2, -0.15) is 0 Å². The number of rotatable bonds is 6. The van der Waals surface area contributed by atoms with Gasteiger partial charge < -0.3 is 15.8 Å². The number of methoxy groups -OCH3 is 1. The number of esters is 1. The van der Waals surface area contributed by atoms with Crippen molar-refractivity contribution in [1.82, 2.24) is 0 Å². The summed E-state index contributed by atoms with van der Waals surface area (Å²) in [5, 5.41) is 3.97. The second-order valence-electron chi connectivity index (χ2n) is 5.66. The summed E-state index contributed by atoms with van der Waals surface area (Å²) in [5.41, 5.74) is 6.77. The van der Waals surface area contributed by atoms with Crippen molar-refractivity contribution in [1.29, 1.82) is 0 Å². The van der Waals surface area contributed by atoms with Gasteiger partial charge in [0.15, 0.2) is 5.78 Å². The topological polar surface area (TPSA) is 81.4 Å². The zero-order valence-corrected chi connectivity index (χ0v) is 13.6. The molecule has 0 bridgehead atoms. The Morgan fingerprint density at radius 1 is 1.43 bits per heavy atom. The highest BCUT2D eigenvalue weighted by Crippen LogP contribution is 2.45. The molecule has 1 aliphatic rings. The van der Waals surface area contributed by atoms with Gasteiger partial charge in [-0.1, -0.05) is 13.3 Å². The number of ether oxygens (including phenoxy) is 1. The SMILES string of the molecule is CCC1(CNc2sc(C(C)=O)c(N)c2C(=O)OC)CCC1. The van der Waals surface area contributed by atoms with E-state index >= 15 is 0 Å².